The number of ether oxygens (including phenoxy) is 1. The number of anilines is 1. The summed E-state index contributed by atoms with van der Waals surface area (Å²) in [5.41, 5.74) is 1.80. The van der Waals surface area contributed by atoms with Crippen molar-refractivity contribution < 1.29 is 14.3 Å². The van der Waals surface area contributed by atoms with Crippen LogP contribution in [0.2, 0.25) is 0 Å². The SMILES string of the molecule is O=C1O[C@@H](C(=O)Nc2cccnc2-n2cccn2)Cc2ccccc21. The van der Waals surface area contributed by atoms with E-state index >= 15 is 0 Å². The first-order valence-corrected chi connectivity index (χ1v) is 7.77. The van der Waals surface area contributed by atoms with E-state index < -0.39 is 18.0 Å². The topological polar surface area (TPSA) is 86.1 Å². The molecule has 7 nitrogen and oxygen atoms in total. The van der Waals surface area contributed by atoms with E-state index in [1.165, 1.54) is 0 Å². The van der Waals surface area contributed by atoms with E-state index in [1.54, 1.807) is 53.6 Å². The highest BCUT2D eigenvalue weighted by Crippen LogP contribution is 2.22. The van der Waals surface area contributed by atoms with Gasteiger partial charge in [-0.25, -0.2) is 14.5 Å². The smallest absolute Gasteiger partial charge is 0.339 e. The molecule has 0 spiro atoms. The van der Waals surface area contributed by atoms with Gasteiger partial charge in [-0.1, -0.05) is 18.2 Å². The number of nitrogens with one attached hydrogen (secondary N) is 1. The number of hydrogen-bond acceptors (Lipinski definition) is 5. The van der Waals surface area contributed by atoms with Crippen molar-refractivity contribution >= 4 is 17.6 Å². The summed E-state index contributed by atoms with van der Waals surface area (Å²) in [6.07, 6.45) is 4.43. The molecule has 3 heterocycles. The average molecular weight is 334 g/mol. The fourth-order valence-corrected chi connectivity index (χ4v) is 2.76. The number of carbonyl (C=O) groups excluding carboxylic acids is 2. The van der Waals surface area contributed by atoms with Gasteiger partial charge in [0.2, 0.25) is 0 Å². The van der Waals surface area contributed by atoms with Crippen LogP contribution in [0.4, 0.5) is 5.69 Å². The van der Waals surface area contributed by atoms with E-state index in [9.17, 15) is 9.59 Å². The van der Waals surface area contributed by atoms with Crippen LogP contribution in [0.1, 0.15) is 15.9 Å². The fraction of sp³-hybridized carbons (Fsp3) is 0.111. The molecule has 2 aromatic heterocycles. The van der Waals surface area contributed by atoms with Crippen molar-refractivity contribution in [1.29, 1.82) is 0 Å². The largest absolute Gasteiger partial charge is 0.448 e. The van der Waals surface area contributed by atoms with E-state index in [-0.39, 0.29) is 0 Å². The Hall–Kier alpha value is -3.48. The number of aromatic nitrogens is 3. The van der Waals surface area contributed by atoms with Crippen LogP contribution in [-0.4, -0.2) is 32.7 Å². The molecule has 0 saturated carbocycles. The summed E-state index contributed by atoms with van der Waals surface area (Å²) in [6.45, 7) is 0. The van der Waals surface area contributed by atoms with Gasteiger partial charge in [0.05, 0.1) is 11.3 Å². The van der Waals surface area contributed by atoms with Crippen LogP contribution in [-0.2, 0) is 16.0 Å². The third-order valence-corrected chi connectivity index (χ3v) is 3.95. The summed E-state index contributed by atoms with van der Waals surface area (Å²) in [5, 5.41) is 6.91. The van der Waals surface area contributed by atoms with Gasteiger partial charge < -0.3 is 10.1 Å². The standard InChI is InChI=1S/C18H14N4O3/c23-17(15-11-12-5-1-2-6-13(12)18(24)25-15)21-14-7-3-8-19-16(14)22-10-4-9-20-22/h1-10,15H,11H2,(H,21,23)/t15-/m1/s1. The van der Waals surface area contributed by atoms with Crippen molar-refractivity contribution in [3.05, 3.63) is 72.2 Å². The van der Waals surface area contributed by atoms with Gasteiger partial charge >= 0.3 is 5.97 Å². The predicted molar refractivity (Wildman–Crippen MR) is 89.3 cm³/mol. The molecule has 7 heteroatoms. The number of carbonyl (C=O) groups is 2. The highest BCUT2D eigenvalue weighted by atomic mass is 16.5. The molecule has 1 aliphatic heterocycles. The molecule has 124 valence electrons. The normalized spacial score (nSPS) is 16.0. The van der Waals surface area contributed by atoms with Crippen LogP contribution in [0.3, 0.4) is 0 Å². The van der Waals surface area contributed by atoms with Gasteiger partial charge in [0, 0.05) is 25.0 Å². The molecule has 0 fully saturated rings. The number of fused-ring (bicyclic) bond motifs is 1. The summed E-state index contributed by atoms with van der Waals surface area (Å²) >= 11 is 0. The monoisotopic (exact) mass is 334 g/mol. The van der Waals surface area contributed by atoms with Crippen LogP contribution in [0.15, 0.2) is 61.1 Å². The number of nitrogens with zero attached hydrogens (tertiary/aromatic N) is 3. The van der Waals surface area contributed by atoms with Crippen molar-refractivity contribution in [2.24, 2.45) is 0 Å². The number of amides is 1. The first kappa shape index (κ1) is 15.1. The predicted octanol–water partition coefficient (Wildman–Crippen LogP) is 1.99. The van der Waals surface area contributed by atoms with E-state index in [1.807, 2.05) is 12.1 Å². The molecule has 1 amide bonds. The Morgan fingerprint density at radius 2 is 2.04 bits per heavy atom. The number of pyridine rings is 1. The lowest BCUT2D eigenvalue weighted by atomic mass is 9.98. The van der Waals surface area contributed by atoms with Gasteiger partial charge in [-0.05, 0) is 29.8 Å². The van der Waals surface area contributed by atoms with Gasteiger partial charge in [0.1, 0.15) is 0 Å². The van der Waals surface area contributed by atoms with Gasteiger partial charge in [-0.3, -0.25) is 4.79 Å². The number of cyclic esters (lactones) is 1. The zero-order chi connectivity index (χ0) is 17.2. The van der Waals surface area contributed by atoms with Gasteiger partial charge in [0.25, 0.3) is 5.91 Å². The summed E-state index contributed by atoms with van der Waals surface area (Å²) in [7, 11) is 0. The Kier molecular flexibility index (Phi) is 3.74. The van der Waals surface area contributed by atoms with Gasteiger partial charge in [0.15, 0.2) is 11.9 Å². The number of benzene rings is 1. The third kappa shape index (κ3) is 2.87. The highest BCUT2D eigenvalue weighted by molar-refractivity contribution is 6.00. The van der Waals surface area contributed by atoms with Gasteiger partial charge in [-0.2, -0.15) is 5.10 Å². The second-order valence-corrected chi connectivity index (χ2v) is 5.57. The molecule has 0 radical (unpaired) electrons. The molecule has 1 N–H and O–H groups in total. The average Bonchev–Trinajstić information content (AvgIpc) is 3.16. The van der Waals surface area contributed by atoms with Gasteiger partial charge in [-0.15, -0.1) is 0 Å². The Labute approximate surface area is 143 Å². The minimum absolute atomic E-state index is 0.338. The Bertz CT molecular complexity index is 937. The molecule has 1 aliphatic rings. The zero-order valence-electron chi connectivity index (χ0n) is 13.1. The quantitative estimate of drug-likeness (QED) is 0.740. The van der Waals surface area contributed by atoms with Crippen molar-refractivity contribution in [3.8, 4) is 5.82 Å². The van der Waals surface area contributed by atoms with Crippen LogP contribution in [0, 0.1) is 0 Å². The maximum absolute atomic E-state index is 12.6. The zero-order valence-corrected chi connectivity index (χ0v) is 13.1. The molecule has 4 rings (SSSR count). The molecule has 25 heavy (non-hydrogen) atoms. The number of rotatable bonds is 3. The minimum atomic E-state index is -0.881. The Balaban J connectivity index is 1.57. The fourth-order valence-electron chi connectivity index (χ4n) is 2.76. The number of hydrogen-bond donors (Lipinski definition) is 1. The molecule has 0 saturated heterocycles. The molecule has 1 aromatic carbocycles. The Morgan fingerprint density at radius 3 is 2.88 bits per heavy atom. The molecule has 1 atom stereocenters. The van der Waals surface area contributed by atoms with Crippen molar-refractivity contribution in [2.45, 2.75) is 12.5 Å². The van der Waals surface area contributed by atoms with E-state index in [0.29, 0.717) is 23.5 Å². The second kappa shape index (κ2) is 6.20. The first-order valence-electron chi connectivity index (χ1n) is 7.77. The Morgan fingerprint density at radius 1 is 1.16 bits per heavy atom. The molecule has 0 unspecified atom stereocenters. The third-order valence-electron chi connectivity index (χ3n) is 3.95. The number of esters is 1. The van der Waals surface area contributed by atoms with Crippen molar-refractivity contribution in [1.82, 2.24) is 14.8 Å². The van der Waals surface area contributed by atoms with Crippen LogP contribution >= 0.6 is 0 Å². The molecule has 3 aromatic rings. The molecule has 0 aliphatic carbocycles. The highest BCUT2D eigenvalue weighted by Gasteiger charge is 2.31. The lowest BCUT2D eigenvalue weighted by Crippen LogP contribution is -2.38. The minimum Gasteiger partial charge on any atom is -0.448 e. The lowest BCUT2D eigenvalue weighted by molar-refractivity contribution is -0.125. The van der Waals surface area contributed by atoms with E-state index in [2.05, 4.69) is 15.4 Å². The summed E-state index contributed by atoms with van der Waals surface area (Å²) < 4.78 is 6.84. The summed E-state index contributed by atoms with van der Waals surface area (Å²) in [6, 6.07) is 12.3. The summed E-state index contributed by atoms with van der Waals surface area (Å²) in [5.74, 6) is -0.395. The lowest BCUT2D eigenvalue weighted by Gasteiger charge is -2.24. The summed E-state index contributed by atoms with van der Waals surface area (Å²) in [4.78, 5) is 28.9. The second-order valence-electron chi connectivity index (χ2n) is 5.57. The molecule has 0 bridgehead atoms. The van der Waals surface area contributed by atoms with E-state index in [4.69, 9.17) is 4.74 Å². The molecular formula is C18H14N4O3. The van der Waals surface area contributed by atoms with Crippen LogP contribution < -0.4 is 5.32 Å². The van der Waals surface area contributed by atoms with Crippen LogP contribution in [0.25, 0.3) is 5.82 Å². The van der Waals surface area contributed by atoms with Crippen LogP contribution in [0.5, 0.6) is 0 Å². The van der Waals surface area contributed by atoms with Crippen molar-refractivity contribution in [2.75, 3.05) is 5.32 Å². The maximum atomic E-state index is 12.6. The maximum Gasteiger partial charge on any atom is 0.339 e. The first-order chi connectivity index (χ1) is 12.2. The molecular weight excluding hydrogens is 320 g/mol. The van der Waals surface area contributed by atoms with E-state index in [0.717, 1.165) is 5.56 Å². The van der Waals surface area contributed by atoms with Crippen molar-refractivity contribution in [3.63, 3.8) is 0 Å².